The van der Waals surface area contributed by atoms with Crippen LogP contribution in [0.5, 0.6) is 0 Å². The van der Waals surface area contributed by atoms with Crippen LogP contribution in [0.15, 0.2) is 12.1 Å². The van der Waals surface area contributed by atoms with Gasteiger partial charge in [-0.15, -0.1) is 6.58 Å². The van der Waals surface area contributed by atoms with Crippen LogP contribution in [0, 0.1) is 11.3 Å². The highest BCUT2D eigenvalue weighted by atomic mass is 16.6. The van der Waals surface area contributed by atoms with Gasteiger partial charge in [-0.1, -0.05) is 33.1 Å². The van der Waals surface area contributed by atoms with E-state index in [1.165, 1.54) is 37.6 Å². The highest BCUT2D eigenvalue weighted by molar-refractivity contribution is 6.54. The molecule has 3 heteroatoms. The zero-order valence-electron chi connectivity index (χ0n) is 12.4. The predicted octanol–water partition coefficient (Wildman–Crippen LogP) is 4.00. The SMILES string of the molecule is C=C(B1OCC(C)(C)C(C)(C)O1)C1CCCCC1. The van der Waals surface area contributed by atoms with E-state index in [4.69, 9.17) is 9.31 Å². The van der Waals surface area contributed by atoms with Crippen molar-refractivity contribution in [3.8, 4) is 0 Å². The third-order valence-electron chi connectivity index (χ3n) is 5.06. The average molecular weight is 250 g/mol. The Balaban J connectivity index is 2.00. The molecule has 0 unspecified atom stereocenters. The van der Waals surface area contributed by atoms with Gasteiger partial charge in [0.2, 0.25) is 0 Å². The molecule has 0 aromatic rings. The third kappa shape index (κ3) is 2.67. The van der Waals surface area contributed by atoms with Gasteiger partial charge in [-0.2, -0.15) is 0 Å². The van der Waals surface area contributed by atoms with Crippen molar-refractivity contribution in [1.82, 2.24) is 0 Å². The molecule has 0 spiro atoms. The molecule has 1 saturated carbocycles. The highest BCUT2D eigenvalue weighted by Crippen LogP contribution is 2.41. The Morgan fingerprint density at radius 2 is 1.72 bits per heavy atom. The standard InChI is InChI=1S/C15H27BO2/c1-12(13-9-7-6-8-10-13)16-17-11-14(2,3)15(4,5)18-16/h13H,1,6-11H2,2-5H3. The van der Waals surface area contributed by atoms with Crippen molar-refractivity contribution < 1.29 is 9.31 Å². The second-order valence-corrected chi connectivity index (χ2v) is 7.06. The molecule has 1 aliphatic carbocycles. The quantitative estimate of drug-likeness (QED) is 0.689. The van der Waals surface area contributed by atoms with Gasteiger partial charge in [0.25, 0.3) is 0 Å². The molecule has 2 aliphatic rings. The van der Waals surface area contributed by atoms with Crippen LogP contribution in [0.2, 0.25) is 0 Å². The van der Waals surface area contributed by atoms with Crippen LogP contribution in [0.25, 0.3) is 0 Å². The van der Waals surface area contributed by atoms with Gasteiger partial charge in [0, 0.05) is 12.0 Å². The van der Waals surface area contributed by atoms with Crippen molar-refractivity contribution >= 4 is 7.12 Å². The smallest absolute Gasteiger partial charge is 0.407 e. The molecule has 102 valence electrons. The molecule has 0 bridgehead atoms. The molecule has 1 aliphatic heterocycles. The molecule has 2 fully saturated rings. The van der Waals surface area contributed by atoms with Crippen molar-refractivity contribution in [2.24, 2.45) is 11.3 Å². The first-order chi connectivity index (χ1) is 8.33. The Bertz CT molecular complexity index is 316. The van der Waals surface area contributed by atoms with Gasteiger partial charge in [0.05, 0.1) is 5.60 Å². The van der Waals surface area contributed by atoms with Gasteiger partial charge in [0.1, 0.15) is 0 Å². The minimum absolute atomic E-state index is 0.0519. The molecule has 1 saturated heterocycles. The van der Waals surface area contributed by atoms with Crippen molar-refractivity contribution in [3.63, 3.8) is 0 Å². The Morgan fingerprint density at radius 1 is 1.11 bits per heavy atom. The molecule has 0 N–H and O–H groups in total. The van der Waals surface area contributed by atoms with E-state index in [9.17, 15) is 0 Å². The maximum Gasteiger partial charge on any atom is 0.489 e. The molecule has 0 aromatic carbocycles. The molecule has 0 amide bonds. The molecule has 0 aromatic heterocycles. The van der Waals surface area contributed by atoms with Gasteiger partial charge >= 0.3 is 7.12 Å². The molecule has 2 rings (SSSR count). The first kappa shape index (κ1) is 14.1. The number of rotatable bonds is 2. The summed E-state index contributed by atoms with van der Waals surface area (Å²) in [6.07, 6.45) is 6.53. The maximum absolute atomic E-state index is 6.18. The second-order valence-electron chi connectivity index (χ2n) is 7.06. The summed E-state index contributed by atoms with van der Waals surface area (Å²) in [4.78, 5) is 0. The lowest BCUT2D eigenvalue weighted by atomic mass is 9.63. The summed E-state index contributed by atoms with van der Waals surface area (Å²) >= 11 is 0. The fraction of sp³-hybridized carbons (Fsp3) is 0.867. The molecule has 0 radical (unpaired) electrons. The normalized spacial score (nSPS) is 28.1. The fourth-order valence-corrected chi connectivity index (χ4v) is 2.77. The summed E-state index contributed by atoms with van der Waals surface area (Å²) in [6.45, 7) is 13.7. The highest BCUT2D eigenvalue weighted by Gasteiger charge is 2.48. The topological polar surface area (TPSA) is 18.5 Å². The van der Waals surface area contributed by atoms with E-state index in [1.54, 1.807) is 0 Å². The molecular formula is C15H27BO2. The fourth-order valence-electron chi connectivity index (χ4n) is 2.77. The van der Waals surface area contributed by atoms with E-state index in [2.05, 4.69) is 34.3 Å². The van der Waals surface area contributed by atoms with E-state index in [0.717, 1.165) is 6.61 Å². The minimum atomic E-state index is -0.198. The van der Waals surface area contributed by atoms with Crippen molar-refractivity contribution in [3.05, 3.63) is 12.1 Å². The van der Waals surface area contributed by atoms with Crippen LogP contribution in [0.4, 0.5) is 0 Å². The zero-order valence-corrected chi connectivity index (χ0v) is 12.4. The summed E-state index contributed by atoms with van der Waals surface area (Å²) in [5.41, 5.74) is 1.06. The van der Waals surface area contributed by atoms with Gasteiger partial charge < -0.3 is 9.31 Å². The summed E-state index contributed by atoms with van der Waals surface area (Å²) < 4.78 is 12.1. The molecule has 2 nitrogen and oxygen atoms in total. The monoisotopic (exact) mass is 250 g/mol. The molecule has 1 heterocycles. The van der Waals surface area contributed by atoms with E-state index in [1.807, 2.05) is 0 Å². The van der Waals surface area contributed by atoms with E-state index < -0.39 is 0 Å². The van der Waals surface area contributed by atoms with Crippen molar-refractivity contribution in [1.29, 1.82) is 0 Å². The van der Waals surface area contributed by atoms with E-state index in [0.29, 0.717) is 5.92 Å². The predicted molar refractivity (Wildman–Crippen MR) is 76.4 cm³/mol. The van der Waals surface area contributed by atoms with Crippen LogP contribution in [0.3, 0.4) is 0 Å². The lowest BCUT2D eigenvalue weighted by Crippen LogP contribution is -2.55. The number of hydrogen-bond acceptors (Lipinski definition) is 2. The summed E-state index contributed by atoms with van der Waals surface area (Å²) in [5.74, 6) is 0.598. The minimum Gasteiger partial charge on any atom is -0.407 e. The van der Waals surface area contributed by atoms with Crippen LogP contribution in [0.1, 0.15) is 59.8 Å². The summed E-state index contributed by atoms with van der Waals surface area (Å²) in [7, 11) is -0.198. The van der Waals surface area contributed by atoms with Crippen molar-refractivity contribution in [2.45, 2.75) is 65.4 Å². The maximum atomic E-state index is 6.18. The average Bonchev–Trinajstić information content (AvgIpc) is 2.33. The lowest BCUT2D eigenvalue weighted by molar-refractivity contribution is -0.0959. The first-order valence-electron chi connectivity index (χ1n) is 7.32. The summed E-state index contributed by atoms with van der Waals surface area (Å²) in [5, 5.41) is 0. The van der Waals surface area contributed by atoms with E-state index >= 15 is 0 Å². The number of hydrogen-bond donors (Lipinski definition) is 0. The zero-order chi connectivity index (χ0) is 13.4. The lowest BCUT2D eigenvalue weighted by Gasteiger charge is -2.48. The third-order valence-corrected chi connectivity index (χ3v) is 5.06. The molecule has 18 heavy (non-hydrogen) atoms. The second kappa shape index (κ2) is 5.01. The van der Waals surface area contributed by atoms with Crippen LogP contribution in [-0.4, -0.2) is 19.3 Å². The van der Waals surface area contributed by atoms with Crippen LogP contribution >= 0.6 is 0 Å². The van der Waals surface area contributed by atoms with Gasteiger partial charge in [0.15, 0.2) is 0 Å². The first-order valence-corrected chi connectivity index (χ1v) is 7.32. The largest absolute Gasteiger partial charge is 0.489 e. The molecule has 0 atom stereocenters. The van der Waals surface area contributed by atoms with Gasteiger partial charge in [-0.3, -0.25) is 0 Å². The van der Waals surface area contributed by atoms with Crippen LogP contribution in [-0.2, 0) is 9.31 Å². The Morgan fingerprint density at radius 3 is 2.28 bits per heavy atom. The molecular weight excluding hydrogens is 223 g/mol. The van der Waals surface area contributed by atoms with Crippen LogP contribution < -0.4 is 0 Å². The Kier molecular flexibility index (Phi) is 3.94. The van der Waals surface area contributed by atoms with Crippen molar-refractivity contribution in [2.75, 3.05) is 6.61 Å². The van der Waals surface area contributed by atoms with Gasteiger partial charge in [-0.25, -0.2) is 0 Å². The van der Waals surface area contributed by atoms with E-state index in [-0.39, 0.29) is 18.1 Å². The Hall–Kier alpha value is -0.275. The Labute approximate surface area is 112 Å². The van der Waals surface area contributed by atoms with Gasteiger partial charge in [-0.05, 0) is 38.1 Å². The summed E-state index contributed by atoms with van der Waals surface area (Å²) in [6, 6.07) is 0. The number of allylic oxidation sites excluding steroid dienone is 1.